The van der Waals surface area contributed by atoms with Gasteiger partial charge in [-0.1, -0.05) is 0 Å². The van der Waals surface area contributed by atoms with Crippen LogP contribution in [0.2, 0.25) is 0 Å². The van der Waals surface area contributed by atoms with Crippen LogP contribution < -0.4 is 5.73 Å². The Kier molecular flexibility index (Phi) is 6.24. The molecule has 0 bridgehead atoms. The lowest BCUT2D eigenvalue weighted by Gasteiger charge is -2.11. The third-order valence-electron chi connectivity index (χ3n) is 2.79. The minimum Gasteiger partial charge on any atom is -0.469 e. The summed E-state index contributed by atoms with van der Waals surface area (Å²) in [5.41, 5.74) is 6.28. The molecule has 0 saturated carbocycles. The lowest BCUT2D eigenvalue weighted by Crippen LogP contribution is -2.18. The second-order valence-electron chi connectivity index (χ2n) is 4.21. The Morgan fingerprint density at radius 3 is 1.91 bits per heavy atom. The van der Waals surface area contributed by atoms with Gasteiger partial charge in [0.25, 0.3) is 0 Å². The number of esters is 3. The first-order valence-electron chi connectivity index (χ1n) is 6.25. The monoisotopic (exact) mass is 311 g/mol. The van der Waals surface area contributed by atoms with E-state index in [0.717, 1.165) is 0 Å². The Bertz CT molecular complexity index is 587. The van der Waals surface area contributed by atoms with E-state index in [0.29, 0.717) is 0 Å². The summed E-state index contributed by atoms with van der Waals surface area (Å²) in [6, 6.07) is 0. The number of nitrogens with zero attached hydrogens (tertiary/aromatic N) is 2. The molecule has 120 valence electrons. The number of carbonyl (C=O) groups is 3. The van der Waals surface area contributed by atoms with E-state index in [2.05, 4.69) is 24.2 Å². The van der Waals surface area contributed by atoms with Crippen LogP contribution in [0.3, 0.4) is 0 Å². The number of carbonyl (C=O) groups excluding carboxylic acids is 3. The molecule has 0 aromatic carbocycles. The van der Waals surface area contributed by atoms with Crippen molar-refractivity contribution < 1.29 is 28.6 Å². The first-order chi connectivity index (χ1) is 10.4. The van der Waals surface area contributed by atoms with Crippen LogP contribution in [-0.4, -0.2) is 49.2 Å². The van der Waals surface area contributed by atoms with E-state index < -0.39 is 17.9 Å². The standard InChI is InChI=1S/C13H17N3O6/c1-20-10(17)4-7-8(5-11(18)21-2)15-9(16-13(7)14)6-12(19)22-3/h4-6H2,1-3H3,(H2,14,15,16). The highest BCUT2D eigenvalue weighted by Crippen LogP contribution is 2.17. The van der Waals surface area contributed by atoms with Crippen molar-refractivity contribution in [1.29, 1.82) is 0 Å². The summed E-state index contributed by atoms with van der Waals surface area (Å²) in [6.45, 7) is 0. The van der Waals surface area contributed by atoms with Crippen LogP contribution in [0, 0.1) is 0 Å². The van der Waals surface area contributed by atoms with E-state index >= 15 is 0 Å². The topological polar surface area (TPSA) is 131 Å². The third-order valence-corrected chi connectivity index (χ3v) is 2.79. The molecule has 0 aliphatic rings. The smallest absolute Gasteiger partial charge is 0.313 e. The highest BCUT2D eigenvalue weighted by atomic mass is 16.5. The molecule has 0 aliphatic heterocycles. The number of aromatic nitrogens is 2. The lowest BCUT2D eigenvalue weighted by molar-refractivity contribution is -0.141. The molecule has 1 heterocycles. The molecule has 0 amide bonds. The first kappa shape index (κ1) is 17.3. The second kappa shape index (κ2) is 7.91. The maximum Gasteiger partial charge on any atom is 0.313 e. The number of hydrogen-bond donors (Lipinski definition) is 1. The molecule has 1 aromatic heterocycles. The Balaban J connectivity index is 3.20. The van der Waals surface area contributed by atoms with Crippen LogP contribution in [0.15, 0.2) is 0 Å². The van der Waals surface area contributed by atoms with Gasteiger partial charge in [0, 0.05) is 5.56 Å². The predicted octanol–water partition coefficient (Wildman–Crippen LogP) is -0.795. The molecule has 1 rings (SSSR count). The first-order valence-corrected chi connectivity index (χ1v) is 6.25. The molecule has 0 radical (unpaired) electrons. The summed E-state index contributed by atoms with van der Waals surface area (Å²) in [7, 11) is 3.68. The van der Waals surface area contributed by atoms with Gasteiger partial charge in [0.2, 0.25) is 0 Å². The van der Waals surface area contributed by atoms with Crippen molar-refractivity contribution in [1.82, 2.24) is 9.97 Å². The summed E-state index contributed by atoms with van der Waals surface area (Å²) >= 11 is 0. The highest BCUT2D eigenvalue weighted by molar-refractivity contribution is 5.77. The van der Waals surface area contributed by atoms with Crippen molar-refractivity contribution in [3.8, 4) is 0 Å². The second-order valence-corrected chi connectivity index (χ2v) is 4.21. The van der Waals surface area contributed by atoms with Crippen molar-refractivity contribution in [2.75, 3.05) is 27.1 Å². The molecule has 0 aliphatic carbocycles. The zero-order valence-corrected chi connectivity index (χ0v) is 12.5. The zero-order chi connectivity index (χ0) is 16.7. The molecule has 9 nitrogen and oxygen atoms in total. The molecule has 0 unspecified atom stereocenters. The van der Waals surface area contributed by atoms with Crippen molar-refractivity contribution in [2.45, 2.75) is 19.3 Å². The van der Waals surface area contributed by atoms with E-state index in [4.69, 9.17) is 5.73 Å². The molecule has 0 saturated heterocycles. The molecule has 0 spiro atoms. The number of ether oxygens (including phenoxy) is 3. The minimum absolute atomic E-state index is 0.00166. The average molecular weight is 311 g/mol. The SMILES string of the molecule is COC(=O)Cc1nc(N)c(CC(=O)OC)c(CC(=O)OC)n1. The highest BCUT2D eigenvalue weighted by Gasteiger charge is 2.19. The van der Waals surface area contributed by atoms with Gasteiger partial charge in [-0.3, -0.25) is 14.4 Å². The molecule has 22 heavy (non-hydrogen) atoms. The van der Waals surface area contributed by atoms with Crippen LogP contribution >= 0.6 is 0 Å². The number of methoxy groups -OCH3 is 3. The fourth-order valence-corrected chi connectivity index (χ4v) is 1.65. The van der Waals surface area contributed by atoms with Gasteiger partial charge >= 0.3 is 17.9 Å². The number of rotatable bonds is 6. The number of hydrogen-bond acceptors (Lipinski definition) is 9. The summed E-state index contributed by atoms with van der Waals surface area (Å²) < 4.78 is 13.7. The van der Waals surface area contributed by atoms with E-state index in [9.17, 15) is 14.4 Å². The van der Waals surface area contributed by atoms with Gasteiger partial charge in [-0.15, -0.1) is 0 Å². The molecule has 0 fully saturated rings. The van der Waals surface area contributed by atoms with E-state index in [-0.39, 0.29) is 42.2 Å². The normalized spacial score (nSPS) is 9.95. The van der Waals surface area contributed by atoms with Gasteiger partial charge in [0.05, 0.1) is 39.9 Å². The third kappa shape index (κ3) is 4.69. The molecule has 0 atom stereocenters. The van der Waals surface area contributed by atoms with Gasteiger partial charge in [-0.2, -0.15) is 0 Å². The van der Waals surface area contributed by atoms with E-state index in [1.807, 2.05) is 0 Å². The van der Waals surface area contributed by atoms with Gasteiger partial charge in [-0.25, -0.2) is 9.97 Å². The fraction of sp³-hybridized carbons (Fsp3) is 0.462. The molecule has 2 N–H and O–H groups in total. The van der Waals surface area contributed by atoms with Crippen LogP contribution in [0.5, 0.6) is 0 Å². The van der Waals surface area contributed by atoms with Crippen LogP contribution in [0.4, 0.5) is 5.82 Å². The van der Waals surface area contributed by atoms with Crippen LogP contribution in [0.25, 0.3) is 0 Å². The molecule has 1 aromatic rings. The Hall–Kier alpha value is -2.71. The molecular weight excluding hydrogens is 294 g/mol. The fourth-order valence-electron chi connectivity index (χ4n) is 1.65. The van der Waals surface area contributed by atoms with E-state index in [1.54, 1.807) is 0 Å². The van der Waals surface area contributed by atoms with E-state index in [1.165, 1.54) is 21.3 Å². The largest absolute Gasteiger partial charge is 0.469 e. The summed E-state index contributed by atoms with van der Waals surface area (Å²) in [6.07, 6.45) is -0.593. The summed E-state index contributed by atoms with van der Waals surface area (Å²) in [5.74, 6) is -1.57. The average Bonchev–Trinajstić information content (AvgIpc) is 2.49. The van der Waals surface area contributed by atoms with Gasteiger partial charge in [-0.05, 0) is 0 Å². The van der Waals surface area contributed by atoms with Crippen molar-refractivity contribution in [3.05, 3.63) is 17.1 Å². The van der Waals surface area contributed by atoms with Crippen molar-refractivity contribution in [3.63, 3.8) is 0 Å². The molecule has 9 heteroatoms. The van der Waals surface area contributed by atoms with Gasteiger partial charge in [0.15, 0.2) is 0 Å². The number of nitrogen functional groups attached to an aromatic ring is 1. The van der Waals surface area contributed by atoms with Crippen molar-refractivity contribution >= 4 is 23.7 Å². The van der Waals surface area contributed by atoms with Crippen molar-refractivity contribution in [2.24, 2.45) is 0 Å². The minimum atomic E-state index is -0.562. The maximum atomic E-state index is 11.5. The van der Waals surface area contributed by atoms with Crippen LogP contribution in [-0.2, 0) is 47.9 Å². The summed E-state index contributed by atoms with van der Waals surface area (Å²) in [4.78, 5) is 42.2. The molecular formula is C13H17N3O6. The van der Waals surface area contributed by atoms with Gasteiger partial charge < -0.3 is 19.9 Å². The maximum absolute atomic E-state index is 11.5. The quantitative estimate of drug-likeness (QED) is 0.530. The number of nitrogens with two attached hydrogens (primary N) is 1. The van der Waals surface area contributed by atoms with Crippen LogP contribution in [0.1, 0.15) is 17.1 Å². The number of anilines is 1. The predicted molar refractivity (Wildman–Crippen MR) is 73.6 cm³/mol. The Morgan fingerprint density at radius 2 is 1.36 bits per heavy atom. The summed E-state index contributed by atoms with van der Waals surface area (Å²) in [5, 5.41) is 0. The van der Waals surface area contributed by atoms with Gasteiger partial charge in [0.1, 0.15) is 18.1 Å². The lowest BCUT2D eigenvalue weighted by atomic mass is 10.1. The Labute approximate surface area is 126 Å². The Morgan fingerprint density at radius 1 is 0.864 bits per heavy atom. The zero-order valence-electron chi connectivity index (χ0n) is 12.5.